The van der Waals surface area contributed by atoms with Gasteiger partial charge in [0.25, 0.3) is 10.0 Å². The number of alkyl halides is 2. The highest BCUT2D eigenvalue weighted by Gasteiger charge is 2.28. The lowest BCUT2D eigenvalue weighted by atomic mass is 10.1. The number of methoxy groups -OCH3 is 1. The van der Waals surface area contributed by atoms with E-state index in [9.17, 15) is 26.4 Å². The average molecular weight is 391 g/mol. The van der Waals surface area contributed by atoms with E-state index in [-0.39, 0.29) is 11.6 Å². The highest BCUT2D eigenvalue weighted by molar-refractivity contribution is 7.93. The SMILES string of the molecule is COc1cc(CO)nc(C(=O)c2cccc(F)c2NS(=O)(=O)C(F)F)n1. The van der Waals surface area contributed by atoms with Crippen LogP contribution < -0.4 is 9.46 Å². The minimum Gasteiger partial charge on any atom is -0.481 e. The number of sulfonamides is 1. The van der Waals surface area contributed by atoms with Crippen LogP contribution in [0.4, 0.5) is 18.9 Å². The van der Waals surface area contributed by atoms with Gasteiger partial charge in [-0.3, -0.25) is 9.52 Å². The molecule has 0 atom stereocenters. The Morgan fingerprint density at radius 1 is 1.35 bits per heavy atom. The van der Waals surface area contributed by atoms with E-state index in [1.807, 2.05) is 0 Å². The van der Waals surface area contributed by atoms with Crippen LogP contribution in [0.15, 0.2) is 24.3 Å². The van der Waals surface area contributed by atoms with Crippen molar-refractivity contribution in [1.82, 2.24) is 9.97 Å². The fraction of sp³-hybridized carbons (Fsp3) is 0.214. The second-order valence-corrected chi connectivity index (χ2v) is 6.43. The molecule has 1 aromatic carbocycles. The molecule has 2 N–H and O–H groups in total. The summed E-state index contributed by atoms with van der Waals surface area (Å²) < 4.78 is 68.0. The lowest BCUT2D eigenvalue weighted by molar-refractivity contribution is 0.102. The van der Waals surface area contributed by atoms with Gasteiger partial charge in [-0.05, 0) is 12.1 Å². The number of rotatable bonds is 7. The summed E-state index contributed by atoms with van der Waals surface area (Å²) in [7, 11) is -3.98. The highest BCUT2D eigenvalue weighted by Crippen LogP contribution is 2.25. The summed E-state index contributed by atoms with van der Waals surface area (Å²) >= 11 is 0. The van der Waals surface area contributed by atoms with Crippen LogP contribution in [0.2, 0.25) is 0 Å². The molecule has 0 aliphatic heterocycles. The van der Waals surface area contributed by atoms with E-state index in [1.165, 1.54) is 17.9 Å². The van der Waals surface area contributed by atoms with E-state index in [0.717, 1.165) is 18.2 Å². The Morgan fingerprint density at radius 2 is 2.04 bits per heavy atom. The maximum Gasteiger partial charge on any atom is 0.355 e. The van der Waals surface area contributed by atoms with Crippen molar-refractivity contribution in [3.8, 4) is 5.88 Å². The van der Waals surface area contributed by atoms with E-state index in [1.54, 1.807) is 0 Å². The summed E-state index contributed by atoms with van der Waals surface area (Å²) in [5.41, 5.74) is -1.55. The Balaban J connectivity index is 2.56. The van der Waals surface area contributed by atoms with Crippen LogP contribution in [-0.2, 0) is 16.6 Å². The molecule has 0 unspecified atom stereocenters. The Morgan fingerprint density at radius 3 is 2.62 bits per heavy atom. The number of aromatic nitrogens is 2. The van der Waals surface area contributed by atoms with Gasteiger partial charge in [0, 0.05) is 6.07 Å². The van der Waals surface area contributed by atoms with Gasteiger partial charge in [0.15, 0.2) is 0 Å². The number of hydrogen-bond acceptors (Lipinski definition) is 7. The van der Waals surface area contributed by atoms with E-state index in [2.05, 4.69) is 9.97 Å². The molecule has 8 nitrogen and oxygen atoms in total. The van der Waals surface area contributed by atoms with Crippen LogP contribution in [0.25, 0.3) is 0 Å². The monoisotopic (exact) mass is 391 g/mol. The first-order valence-electron chi connectivity index (χ1n) is 6.85. The molecule has 0 fully saturated rings. The van der Waals surface area contributed by atoms with Crippen molar-refractivity contribution >= 4 is 21.5 Å². The maximum absolute atomic E-state index is 14.0. The number of aliphatic hydroxyl groups is 1. The van der Waals surface area contributed by atoms with Crippen molar-refractivity contribution in [3.05, 3.63) is 47.2 Å². The minimum absolute atomic E-state index is 0.00585. The van der Waals surface area contributed by atoms with Crippen molar-refractivity contribution < 1.29 is 36.2 Å². The molecule has 2 aromatic rings. The number of aliphatic hydroxyl groups excluding tert-OH is 1. The molecule has 0 spiro atoms. The Kier molecular flexibility index (Phi) is 5.77. The van der Waals surface area contributed by atoms with Crippen molar-refractivity contribution in [3.63, 3.8) is 0 Å². The van der Waals surface area contributed by atoms with Gasteiger partial charge in [-0.2, -0.15) is 13.8 Å². The average Bonchev–Trinajstić information content (AvgIpc) is 2.62. The minimum atomic E-state index is -5.22. The summed E-state index contributed by atoms with van der Waals surface area (Å²) in [6.07, 6.45) is 0. The first kappa shape index (κ1) is 19.6. The smallest absolute Gasteiger partial charge is 0.355 e. The van der Waals surface area contributed by atoms with Crippen LogP contribution in [0, 0.1) is 5.82 Å². The summed E-state index contributed by atoms with van der Waals surface area (Å²) in [4.78, 5) is 20.0. The third kappa shape index (κ3) is 4.08. The summed E-state index contributed by atoms with van der Waals surface area (Å²) in [5, 5.41) is 9.15. The fourth-order valence-electron chi connectivity index (χ4n) is 1.88. The van der Waals surface area contributed by atoms with Crippen molar-refractivity contribution in [2.24, 2.45) is 0 Å². The lowest BCUT2D eigenvalue weighted by Gasteiger charge is -2.12. The molecule has 0 bridgehead atoms. The number of nitrogens with zero attached hydrogens (tertiary/aromatic N) is 2. The number of ketones is 1. The van der Waals surface area contributed by atoms with E-state index < -0.39 is 51.1 Å². The van der Waals surface area contributed by atoms with Crippen molar-refractivity contribution in [1.29, 1.82) is 0 Å². The predicted molar refractivity (Wildman–Crippen MR) is 82.9 cm³/mol. The number of carbonyl (C=O) groups is 1. The highest BCUT2D eigenvalue weighted by atomic mass is 32.2. The molecular formula is C14H12F3N3O5S. The van der Waals surface area contributed by atoms with E-state index >= 15 is 0 Å². The second kappa shape index (κ2) is 7.66. The predicted octanol–water partition coefficient (Wildman–Crippen LogP) is 1.31. The molecule has 2 rings (SSSR count). The molecule has 0 saturated heterocycles. The molecule has 140 valence electrons. The fourth-order valence-corrected chi connectivity index (χ4v) is 2.46. The van der Waals surface area contributed by atoms with Crippen molar-refractivity contribution in [2.45, 2.75) is 12.4 Å². The van der Waals surface area contributed by atoms with Gasteiger partial charge in [0.2, 0.25) is 17.5 Å². The third-order valence-electron chi connectivity index (χ3n) is 3.07. The van der Waals surface area contributed by atoms with E-state index in [0.29, 0.717) is 0 Å². The number of benzene rings is 1. The van der Waals surface area contributed by atoms with Crippen LogP contribution in [-0.4, -0.2) is 42.1 Å². The van der Waals surface area contributed by atoms with Crippen LogP contribution in [0.1, 0.15) is 21.9 Å². The van der Waals surface area contributed by atoms with Gasteiger partial charge in [0.1, 0.15) is 5.82 Å². The lowest BCUT2D eigenvalue weighted by Crippen LogP contribution is -2.23. The topological polar surface area (TPSA) is 118 Å². The number of hydrogen-bond donors (Lipinski definition) is 2. The molecule has 26 heavy (non-hydrogen) atoms. The molecule has 0 amide bonds. The molecule has 1 aromatic heterocycles. The zero-order valence-electron chi connectivity index (χ0n) is 13.1. The number of nitrogens with one attached hydrogen (secondary N) is 1. The van der Waals surface area contributed by atoms with Gasteiger partial charge in [0.05, 0.1) is 30.7 Å². The quantitative estimate of drug-likeness (QED) is 0.683. The Hall–Kier alpha value is -2.73. The van der Waals surface area contributed by atoms with Crippen LogP contribution in [0.3, 0.4) is 0 Å². The van der Waals surface area contributed by atoms with Gasteiger partial charge in [-0.1, -0.05) is 6.07 Å². The summed E-state index contributed by atoms with van der Waals surface area (Å²) in [6.45, 7) is -0.562. The summed E-state index contributed by atoms with van der Waals surface area (Å²) in [6, 6.07) is 4.11. The summed E-state index contributed by atoms with van der Waals surface area (Å²) in [5.74, 6) is -6.77. The molecule has 0 aliphatic rings. The van der Waals surface area contributed by atoms with Gasteiger partial charge in [-0.25, -0.2) is 17.8 Å². The first-order valence-corrected chi connectivity index (χ1v) is 8.40. The number of halogens is 3. The normalized spacial score (nSPS) is 11.5. The number of anilines is 1. The second-order valence-electron chi connectivity index (χ2n) is 4.78. The van der Waals surface area contributed by atoms with Crippen molar-refractivity contribution in [2.75, 3.05) is 11.8 Å². The zero-order valence-corrected chi connectivity index (χ0v) is 13.9. The van der Waals surface area contributed by atoms with Crippen LogP contribution >= 0.6 is 0 Å². The molecule has 0 radical (unpaired) electrons. The first-order chi connectivity index (χ1) is 12.2. The van der Waals surface area contributed by atoms with E-state index in [4.69, 9.17) is 9.84 Å². The van der Waals surface area contributed by atoms with Gasteiger partial charge < -0.3 is 9.84 Å². The maximum atomic E-state index is 14.0. The number of para-hydroxylation sites is 1. The van der Waals surface area contributed by atoms with Gasteiger partial charge >= 0.3 is 5.76 Å². The van der Waals surface area contributed by atoms with Crippen LogP contribution in [0.5, 0.6) is 5.88 Å². The zero-order chi connectivity index (χ0) is 19.5. The molecular weight excluding hydrogens is 379 g/mol. The number of carbonyl (C=O) groups excluding carboxylic acids is 1. The van der Waals surface area contributed by atoms with Gasteiger partial charge in [-0.15, -0.1) is 0 Å². The Labute approximate surface area is 145 Å². The number of ether oxygens (including phenoxy) is 1. The standard InChI is InChI=1S/C14H12F3N3O5S/c1-25-10-5-7(6-21)18-13(19-10)12(22)8-3-2-4-9(15)11(8)20-26(23,24)14(16)17/h2-5,14,20-21H,6H2,1H3. The third-order valence-corrected chi connectivity index (χ3v) is 4.02. The largest absolute Gasteiger partial charge is 0.481 e. The Bertz CT molecular complexity index is 915. The molecule has 12 heteroatoms. The molecule has 1 heterocycles. The molecule has 0 aliphatic carbocycles. The molecule has 0 saturated carbocycles.